The maximum Gasteiger partial charge on any atom is 0.317 e. The van der Waals surface area contributed by atoms with Gasteiger partial charge in [-0.15, -0.1) is 0 Å². The first kappa shape index (κ1) is 22.6. The van der Waals surface area contributed by atoms with E-state index in [0.717, 1.165) is 0 Å². The summed E-state index contributed by atoms with van der Waals surface area (Å²) in [6.45, 7) is 0.932. The standard InChI is InChI=1S/C19H20Cl2FN3O4S/c20-14-4-3-5-15(21)18(14)30(27,28)25-11-9-24(10-12-25)19(26)23-8-13-29-17-7-2-1-6-16(17)22/h1-7H,8-13H2,(H,23,26). The molecule has 1 heterocycles. The lowest BCUT2D eigenvalue weighted by Gasteiger charge is -2.34. The molecule has 0 spiro atoms. The number of urea groups is 1. The molecular formula is C19H20Cl2FN3O4S. The lowest BCUT2D eigenvalue weighted by Crippen LogP contribution is -2.53. The maximum atomic E-state index is 13.5. The third-order valence-electron chi connectivity index (χ3n) is 4.52. The Balaban J connectivity index is 1.49. The van der Waals surface area contributed by atoms with E-state index in [1.54, 1.807) is 18.2 Å². The fourth-order valence-electron chi connectivity index (χ4n) is 2.98. The summed E-state index contributed by atoms with van der Waals surface area (Å²) in [4.78, 5) is 13.7. The predicted molar refractivity (Wildman–Crippen MR) is 112 cm³/mol. The van der Waals surface area contributed by atoms with E-state index in [1.807, 2.05) is 0 Å². The number of sulfonamides is 1. The molecule has 2 aromatic rings. The molecule has 7 nitrogen and oxygen atoms in total. The Kier molecular flexibility index (Phi) is 7.41. The van der Waals surface area contributed by atoms with Gasteiger partial charge in [0.1, 0.15) is 11.5 Å². The summed E-state index contributed by atoms with van der Waals surface area (Å²) >= 11 is 12.1. The maximum absolute atomic E-state index is 13.5. The van der Waals surface area contributed by atoms with Crippen LogP contribution in [0.4, 0.5) is 9.18 Å². The average molecular weight is 476 g/mol. The SMILES string of the molecule is O=C(NCCOc1ccccc1F)N1CCN(S(=O)(=O)c2c(Cl)cccc2Cl)CC1. The third kappa shape index (κ3) is 5.15. The number of carbonyl (C=O) groups excluding carboxylic acids is 1. The molecule has 0 radical (unpaired) electrons. The second kappa shape index (κ2) is 9.82. The summed E-state index contributed by atoms with van der Waals surface area (Å²) in [6.07, 6.45) is 0. The first-order valence-electron chi connectivity index (χ1n) is 9.15. The average Bonchev–Trinajstić information content (AvgIpc) is 2.72. The van der Waals surface area contributed by atoms with Gasteiger partial charge in [0, 0.05) is 26.2 Å². The van der Waals surface area contributed by atoms with Gasteiger partial charge in [0.15, 0.2) is 11.6 Å². The number of piperazine rings is 1. The van der Waals surface area contributed by atoms with Crippen molar-refractivity contribution in [3.63, 3.8) is 0 Å². The van der Waals surface area contributed by atoms with Gasteiger partial charge in [-0.3, -0.25) is 0 Å². The molecule has 1 fully saturated rings. The lowest BCUT2D eigenvalue weighted by atomic mass is 10.3. The number of nitrogens with one attached hydrogen (secondary N) is 1. The molecule has 0 atom stereocenters. The Morgan fingerprint density at radius 3 is 2.30 bits per heavy atom. The van der Waals surface area contributed by atoms with Crippen molar-refractivity contribution < 1.29 is 22.3 Å². The molecule has 1 aliphatic rings. The van der Waals surface area contributed by atoms with Crippen LogP contribution in [0.5, 0.6) is 5.75 Å². The van der Waals surface area contributed by atoms with Crippen molar-refractivity contribution in [3.05, 3.63) is 58.3 Å². The molecule has 0 saturated carbocycles. The first-order valence-corrected chi connectivity index (χ1v) is 11.3. The fourth-order valence-corrected chi connectivity index (χ4v) is 5.50. The summed E-state index contributed by atoms with van der Waals surface area (Å²) in [7, 11) is -3.87. The summed E-state index contributed by atoms with van der Waals surface area (Å²) in [6, 6.07) is 10.2. The number of nitrogens with zero attached hydrogens (tertiary/aromatic N) is 2. The monoisotopic (exact) mass is 475 g/mol. The highest BCUT2D eigenvalue weighted by Crippen LogP contribution is 2.31. The van der Waals surface area contributed by atoms with Crippen molar-refractivity contribution >= 4 is 39.3 Å². The van der Waals surface area contributed by atoms with Crippen LogP contribution < -0.4 is 10.1 Å². The summed E-state index contributed by atoms with van der Waals surface area (Å²) in [5.74, 6) is -0.358. The molecule has 0 aliphatic carbocycles. The molecule has 0 bridgehead atoms. The van der Waals surface area contributed by atoms with E-state index >= 15 is 0 Å². The minimum Gasteiger partial charge on any atom is -0.489 e. The highest BCUT2D eigenvalue weighted by Gasteiger charge is 2.32. The number of carbonyl (C=O) groups is 1. The topological polar surface area (TPSA) is 79.0 Å². The Labute approximate surface area is 184 Å². The smallest absolute Gasteiger partial charge is 0.317 e. The highest BCUT2D eigenvalue weighted by atomic mass is 35.5. The van der Waals surface area contributed by atoms with Gasteiger partial charge in [0.2, 0.25) is 10.0 Å². The van der Waals surface area contributed by atoms with Crippen LogP contribution in [-0.2, 0) is 10.0 Å². The van der Waals surface area contributed by atoms with Crippen molar-refractivity contribution in [2.24, 2.45) is 0 Å². The van der Waals surface area contributed by atoms with Gasteiger partial charge < -0.3 is 15.0 Å². The van der Waals surface area contributed by atoms with Crippen LogP contribution in [0, 0.1) is 5.82 Å². The van der Waals surface area contributed by atoms with E-state index in [1.165, 1.54) is 33.5 Å². The number of rotatable bonds is 6. The molecule has 2 amide bonds. The Morgan fingerprint density at radius 1 is 1.03 bits per heavy atom. The van der Waals surface area contributed by atoms with Crippen LogP contribution in [0.15, 0.2) is 47.4 Å². The largest absolute Gasteiger partial charge is 0.489 e. The Morgan fingerprint density at radius 2 is 1.67 bits per heavy atom. The van der Waals surface area contributed by atoms with Crippen molar-refractivity contribution in [2.45, 2.75) is 4.90 Å². The fraction of sp³-hybridized carbons (Fsp3) is 0.316. The van der Waals surface area contributed by atoms with E-state index in [-0.39, 0.29) is 66.1 Å². The molecule has 3 rings (SSSR count). The number of ether oxygens (including phenoxy) is 1. The van der Waals surface area contributed by atoms with Crippen LogP contribution in [0.25, 0.3) is 0 Å². The van der Waals surface area contributed by atoms with E-state index in [2.05, 4.69) is 5.32 Å². The molecule has 0 aromatic heterocycles. The molecule has 1 N–H and O–H groups in total. The van der Waals surface area contributed by atoms with Gasteiger partial charge in [-0.1, -0.05) is 41.4 Å². The van der Waals surface area contributed by atoms with Gasteiger partial charge in [-0.2, -0.15) is 4.31 Å². The third-order valence-corrected chi connectivity index (χ3v) is 7.37. The number of halogens is 3. The van der Waals surface area contributed by atoms with Gasteiger partial charge >= 0.3 is 6.03 Å². The van der Waals surface area contributed by atoms with Gasteiger partial charge in [-0.05, 0) is 24.3 Å². The highest BCUT2D eigenvalue weighted by molar-refractivity contribution is 7.89. The van der Waals surface area contributed by atoms with Crippen LogP contribution in [0.3, 0.4) is 0 Å². The van der Waals surface area contributed by atoms with Crippen LogP contribution >= 0.6 is 23.2 Å². The summed E-state index contributed by atoms with van der Waals surface area (Å²) in [5.41, 5.74) is 0. The van der Waals surface area contributed by atoms with Crippen molar-refractivity contribution in [1.82, 2.24) is 14.5 Å². The summed E-state index contributed by atoms with van der Waals surface area (Å²) < 4.78 is 45.8. The number of benzene rings is 2. The second-order valence-electron chi connectivity index (χ2n) is 6.45. The second-order valence-corrected chi connectivity index (χ2v) is 9.14. The molecule has 1 aliphatic heterocycles. The van der Waals surface area contributed by atoms with Crippen molar-refractivity contribution in [2.75, 3.05) is 39.3 Å². The van der Waals surface area contributed by atoms with E-state index in [9.17, 15) is 17.6 Å². The van der Waals surface area contributed by atoms with Crippen molar-refractivity contribution in [3.8, 4) is 5.75 Å². The lowest BCUT2D eigenvalue weighted by molar-refractivity contribution is 0.170. The van der Waals surface area contributed by atoms with E-state index in [0.29, 0.717) is 0 Å². The molecule has 1 saturated heterocycles. The van der Waals surface area contributed by atoms with Crippen LogP contribution in [-0.4, -0.2) is 63.0 Å². The van der Waals surface area contributed by atoms with Gasteiger partial charge in [-0.25, -0.2) is 17.6 Å². The molecule has 11 heteroatoms. The quantitative estimate of drug-likeness (QED) is 0.650. The van der Waals surface area contributed by atoms with Crippen LogP contribution in [0.1, 0.15) is 0 Å². The van der Waals surface area contributed by atoms with Crippen molar-refractivity contribution in [1.29, 1.82) is 0 Å². The molecular weight excluding hydrogens is 456 g/mol. The normalized spacial score (nSPS) is 15.1. The number of amides is 2. The number of hydrogen-bond acceptors (Lipinski definition) is 4. The molecule has 162 valence electrons. The zero-order valence-electron chi connectivity index (χ0n) is 15.9. The van der Waals surface area contributed by atoms with Crippen LogP contribution in [0.2, 0.25) is 10.0 Å². The number of para-hydroxylation sites is 1. The molecule has 2 aromatic carbocycles. The zero-order chi connectivity index (χ0) is 21.7. The Hall–Kier alpha value is -2.07. The minimum absolute atomic E-state index is 0.0533. The summed E-state index contributed by atoms with van der Waals surface area (Å²) in [5, 5.41) is 2.78. The molecule has 0 unspecified atom stereocenters. The van der Waals surface area contributed by atoms with E-state index in [4.69, 9.17) is 27.9 Å². The number of hydrogen-bond donors (Lipinski definition) is 1. The predicted octanol–water partition coefficient (Wildman–Crippen LogP) is 3.23. The Bertz CT molecular complexity index is 994. The minimum atomic E-state index is -3.87. The van der Waals surface area contributed by atoms with E-state index < -0.39 is 15.8 Å². The first-order chi connectivity index (χ1) is 14.3. The van der Waals surface area contributed by atoms with Gasteiger partial charge in [0.25, 0.3) is 0 Å². The van der Waals surface area contributed by atoms with Gasteiger partial charge in [0.05, 0.1) is 16.6 Å². The zero-order valence-corrected chi connectivity index (χ0v) is 18.2. The molecule has 30 heavy (non-hydrogen) atoms.